The highest BCUT2D eigenvalue weighted by molar-refractivity contribution is 6.03. The number of likely N-dealkylation sites (N-methyl/N-ethyl adjacent to an activating group) is 2. The van der Waals surface area contributed by atoms with E-state index < -0.39 is 47.9 Å². The summed E-state index contributed by atoms with van der Waals surface area (Å²) in [6.07, 6.45) is -1.31. The molecule has 2 aliphatic rings. The summed E-state index contributed by atoms with van der Waals surface area (Å²) in [6, 6.07) is -2.14. The first-order valence-corrected chi connectivity index (χ1v) is 10.2. The van der Waals surface area contributed by atoms with Crippen molar-refractivity contribution < 1.29 is 38.5 Å². The van der Waals surface area contributed by atoms with Gasteiger partial charge in [-0.15, -0.1) is 0 Å². The predicted molar refractivity (Wildman–Crippen MR) is 112 cm³/mol. The molecule has 0 aromatic rings. The number of ether oxygens (including phenoxy) is 3. The maximum absolute atomic E-state index is 13.3. The Balaban J connectivity index is 2.67. The minimum atomic E-state index is -1.33. The van der Waals surface area contributed by atoms with Crippen molar-refractivity contribution in [2.75, 3.05) is 28.3 Å². The van der Waals surface area contributed by atoms with E-state index in [1.165, 1.54) is 14.2 Å². The fourth-order valence-electron chi connectivity index (χ4n) is 3.74. The van der Waals surface area contributed by atoms with Crippen molar-refractivity contribution in [2.45, 2.75) is 51.0 Å². The van der Waals surface area contributed by atoms with Crippen LogP contribution in [0.25, 0.3) is 0 Å². The van der Waals surface area contributed by atoms with Crippen molar-refractivity contribution in [2.24, 2.45) is 5.92 Å². The van der Waals surface area contributed by atoms with Crippen LogP contribution in [0.1, 0.15) is 26.7 Å². The Morgan fingerprint density at radius 1 is 1.28 bits per heavy atom. The Morgan fingerprint density at radius 3 is 2.47 bits per heavy atom. The Morgan fingerprint density at radius 2 is 1.94 bits per heavy atom. The number of aliphatic hydroxyl groups excluding tert-OH is 1. The van der Waals surface area contributed by atoms with Crippen molar-refractivity contribution in [3.05, 3.63) is 23.3 Å². The van der Waals surface area contributed by atoms with E-state index in [0.29, 0.717) is 0 Å². The molecule has 178 valence electrons. The molecule has 1 aliphatic heterocycles. The van der Waals surface area contributed by atoms with Crippen molar-refractivity contribution in [1.29, 1.82) is 0 Å². The van der Waals surface area contributed by atoms with E-state index in [-0.39, 0.29) is 35.8 Å². The van der Waals surface area contributed by atoms with Gasteiger partial charge in [-0.25, -0.2) is 4.79 Å². The predicted octanol–water partition coefficient (Wildman–Crippen LogP) is -0.789. The first-order chi connectivity index (χ1) is 15.1. The van der Waals surface area contributed by atoms with E-state index in [9.17, 15) is 24.3 Å². The summed E-state index contributed by atoms with van der Waals surface area (Å²) >= 11 is 0. The number of nitrogens with one attached hydrogen (secondary N) is 2. The van der Waals surface area contributed by atoms with Crippen molar-refractivity contribution >= 4 is 23.6 Å². The topological polar surface area (TPSA) is 144 Å². The zero-order valence-corrected chi connectivity index (χ0v) is 19.1. The molecule has 0 radical (unpaired) electrons. The molecule has 2 rings (SSSR count). The number of rotatable bonds is 4. The Kier molecular flexibility index (Phi) is 8.39. The fraction of sp³-hybridized carbons (Fsp3) is 0.619. The van der Waals surface area contributed by atoms with Crippen LogP contribution in [-0.2, 0) is 33.4 Å². The summed E-state index contributed by atoms with van der Waals surface area (Å²) in [6.45, 7) is 3.69. The molecule has 0 fully saturated rings. The number of amides is 2. The molecule has 32 heavy (non-hydrogen) atoms. The molecule has 11 heteroatoms. The fourth-order valence-corrected chi connectivity index (χ4v) is 3.74. The van der Waals surface area contributed by atoms with Gasteiger partial charge in [0.2, 0.25) is 5.91 Å². The zero-order chi connectivity index (χ0) is 24.2. The number of ketones is 1. The Labute approximate surface area is 186 Å². The lowest BCUT2D eigenvalue weighted by molar-refractivity contribution is -0.145. The van der Waals surface area contributed by atoms with Crippen LogP contribution >= 0.6 is 0 Å². The van der Waals surface area contributed by atoms with Crippen molar-refractivity contribution in [3.63, 3.8) is 0 Å². The van der Waals surface area contributed by atoms with Gasteiger partial charge >= 0.3 is 5.97 Å². The summed E-state index contributed by atoms with van der Waals surface area (Å²) in [5, 5.41) is 15.6. The van der Waals surface area contributed by atoms with Gasteiger partial charge in [0, 0.05) is 25.5 Å². The lowest BCUT2D eigenvalue weighted by Crippen LogP contribution is -2.55. The standard InChI is InChI=1S/C21H31N3O8/c1-10(2)18-16(22-3)20(28)24(4)13(9-30-5)19(27)23-12(21(29)31-6)7-11-15(32-18)8-14(25)17(11)26/h9-10,12,14,16,18,22,25H,7-8H2,1-6H3,(H,23,27)/b13-9-/t12-,14?,16-,18-/m0/s1. The van der Waals surface area contributed by atoms with Crippen LogP contribution in [0, 0.1) is 5.92 Å². The molecule has 0 bridgehead atoms. The van der Waals surface area contributed by atoms with Crippen LogP contribution in [0.3, 0.4) is 0 Å². The van der Waals surface area contributed by atoms with Gasteiger partial charge < -0.3 is 34.9 Å². The van der Waals surface area contributed by atoms with Gasteiger partial charge in [0.05, 0.1) is 14.2 Å². The van der Waals surface area contributed by atoms with E-state index >= 15 is 0 Å². The number of hydrogen-bond acceptors (Lipinski definition) is 9. The van der Waals surface area contributed by atoms with Crippen LogP contribution in [0.2, 0.25) is 0 Å². The monoisotopic (exact) mass is 453 g/mol. The van der Waals surface area contributed by atoms with Gasteiger partial charge in [0.25, 0.3) is 5.91 Å². The second kappa shape index (κ2) is 10.6. The van der Waals surface area contributed by atoms with Gasteiger partial charge in [0.15, 0.2) is 5.78 Å². The quantitative estimate of drug-likeness (QED) is 0.283. The summed E-state index contributed by atoms with van der Waals surface area (Å²) in [5.74, 6) is -2.66. The number of aliphatic hydroxyl groups is 1. The van der Waals surface area contributed by atoms with Crippen LogP contribution in [0.5, 0.6) is 0 Å². The molecule has 3 N–H and O–H groups in total. The minimum Gasteiger partial charge on any atom is -0.502 e. The van der Waals surface area contributed by atoms with Gasteiger partial charge in [0.1, 0.15) is 42.0 Å². The number of esters is 1. The maximum atomic E-state index is 13.3. The number of carbonyl (C=O) groups is 4. The number of hydrogen-bond donors (Lipinski definition) is 3. The molecule has 2 amide bonds. The largest absolute Gasteiger partial charge is 0.502 e. The van der Waals surface area contributed by atoms with Gasteiger partial charge in [-0.3, -0.25) is 14.4 Å². The summed E-state index contributed by atoms with van der Waals surface area (Å²) < 4.78 is 15.9. The minimum absolute atomic E-state index is 0.0763. The summed E-state index contributed by atoms with van der Waals surface area (Å²) in [7, 11) is 5.45. The SMILES string of the molecule is CN[C@@H]1C(=O)N(C)/C(=C\OC)C(=O)N[C@H](C(=O)OC)CC2=C(CC(O)C2=O)O[C@H]1C(C)C. The number of carbonyl (C=O) groups excluding carboxylic acids is 4. The molecule has 0 aromatic heterocycles. The lowest BCUT2D eigenvalue weighted by atomic mass is 9.97. The average Bonchev–Trinajstić information content (AvgIpc) is 3.01. The van der Waals surface area contributed by atoms with Crippen LogP contribution < -0.4 is 10.6 Å². The smallest absolute Gasteiger partial charge is 0.328 e. The van der Waals surface area contributed by atoms with E-state index in [1.54, 1.807) is 7.05 Å². The summed E-state index contributed by atoms with van der Waals surface area (Å²) in [4.78, 5) is 52.4. The first-order valence-electron chi connectivity index (χ1n) is 10.2. The van der Waals surface area contributed by atoms with Crippen LogP contribution in [0.15, 0.2) is 23.3 Å². The Hall–Kier alpha value is -2.92. The molecule has 1 heterocycles. The van der Waals surface area contributed by atoms with Crippen LogP contribution in [-0.4, -0.2) is 86.2 Å². The number of nitrogens with zero attached hydrogens (tertiary/aromatic N) is 1. The second-order valence-corrected chi connectivity index (χ2v) is 7.97. The molecule has 1 unspecified atom stereocenters. The molecule has 0 spiro atoms. The van der Waals surface area contributed by atoms with Crippen molar-refractivity contribution in [3.8, 4) is 0 Å². The molecule has 1 aliphatic carbocycles. The molecular formula is C21H31N3O8. The normalized spacial score (nSPS) is 28.7. The maximum Gasteiger partial charge on any atom is 0.328 e. The second-order valence-electron chi connectivity index (χ2n) is 7.97. The third-order valence-corrected chi connectivity index (χ3v) is 5.51. The van der Waals surface area contributed by atoms with E-state index in [0.717, 1.165) is 18.3 Å². The molecular weight excluding hydrogens is 422 g/mol. The lowest BCUT2D eigenvalue weighted by Gasteiger charge is -2.34. The van der Waals surface area contributed by atoms with Gasteiger partial charge in [-0.05, 0) is 13.0 Å². The van der Waals surface area contributed by atoms with E-state index in [1.807, 2.05) is 13.8 Å². The third-order valence-electron chi connectivity index (χ3n) is 5.51. The van der Waals surface area contributed by atoms with E-state index in [4.69, 9.17) is 14.2 Å². The van der Waals surface area contributed by atoms with Gasteiger partial charge in [-0.1, -0.05) is 13.8 Å². The van der Waals surface area contributed by atoms with E-state index in [2.05, 4.69) is 10.6 Å². The van der Waals surface area contributed by atoms with Gasteiger partial charge in [-0.2, -0.15) is 0 Å². The summed E-state index contributed by atoms with van der Waals surface area (Å²) in [5.41, 5.74) is -0.0749. The number of Topliss-reactive ketones (excluding diaryl/α,β-unsaturated/α-hetero) is 1. The average molecular weight is 453 g/mol. The zero-order valence-electron chi connectivity index (χ0n) is 19.1. The highest BCUT2D eigenvalue weighted by Gasteiger charge is 2.42. The highest BCUT2D eigenvalue weighted by Crippen LogP contribution is 2.32. The molecule has 11 nitrogen and oxygen atoms in total. The first kappa shape index (κ1) is 25.3. The van der Waals surface area contributed by atoms with Crippen LogP contribution in [0.4, 0.5) is 0 Å². The third kappa shape index (κ3) is 5.10. The van der Waals surface area contributed by atoms with Crippen molar-refractivity contribution in [1.82, 2.24) is 15.5 Å². The highest BCUT2D eigenvalue weighted by atomic mass is 16.5. The number of methoxy groups -OCH3 is 2. The molecule has 0 saturated carbocycles. The molecule has 0 aromatic carbocycles. The Bertz CT molecular complexity index is 835. The molecule has 0 saturated heterocycles. The molecule has 4 atom stereocenters.